The maximum atomic E-state index is 11.1. The molecule has 13 heavy (non-hydrogen) atoms. The molecule has 1 heterocycles. The molecule has 0 aliphatic carbocycles. The fourth-order valence-corrected chi connectivity index (χ4v) is 1.03. The molecular weight excluding hydrogens is 170 g/mol. The zero-order valence-corrected chi connectivity index (χ0v) is 7.85. The molecule has 1 unspecified atom stereocenters. The first-order valence-corrected chi connectivity index (χ1v) is 4.38. The van der Waals surface area contributed by atoms with Crippen LogP contribution in [-0.2, 0) is 0 Å². The van der Waals surface area contributed by atoms with E-state index >= 15 is 0 Å². The second-order valence-electron chi connectivity index (χ2n) is 2.56. The van der Waals surface area contributed by atoms with E-state index in [1.165, 1.54) is 0 Å². The van der Waals surface area contributed by atoms with Gasteiger partial charge in [-0.3, -0.25) is 15.6 Å². The third-order valence-electron chi connectivity index (χ3n) is 1.51. The van der Waals surface area contributed by atoms with Gasteiger partial charge >= 0.3 is 6.03 Å². The minimum absolute atomic E-state index is 0.232. The van der Waals surface area contributed by atoms with Gasteiger partial charge in [-0.25, -0.2) is 4.79 Å². The van der Waals surface area contributed by atoms with Gasteiger partial charge in [-0.1, -0.05) is 6.92 Å². The molecule has 0 saturated carbocycles. The lowest BCUT2D eigenvalue weighted by atomic mass is 10.6. The summed E-state index contributed by atoms with van der Waals surface area (Å²) in [6, 6.07) is -0.239. The number of hydrogen-bond donors (Lipinski definition) is 4. The minimum Gasteiger partial charge on any atom is -0.323 e. The smallest absolute Gasteiger partial charge is 0.323 e. The van der Waals surface area contributed by atoms with Crippen LogP contribution in [0.15, 0.2) is 4.99 Å². The summed E-state index contributed by atoms with van der Waals surface area (Å²) < 4.78 is 0. The summed E-state index contributed by atoms with van der Waals surface area (Å²) >= 11 is 0. The van der Waals surface area contributed by atoms with Crippen molar-refractivity contribution >= 4 is 12.0 Å². The number of carbonyl (C=O) groups excluding carboxylic acids is 1. The second kappa shape index (κ2) is 4.66. The third-order valence-corrected chi connectivity index (χ3v) is 1.51. The Morgan fingerprint density at radius 1 is 1.46 bits per heavy atom. The highest BCUT2D eigenvalue weighted by molar-refractivity contribution is 5.98. The molecule has 1 saturated heterocycles. The van der Waals surface area contributed by atoms with Gasteiger partial charge < -0.3 is 10.6 Å². The van der Waals surface area contributed by atoms with Crippen LogP contribution >= 0.6 is 0 Å². The average molecular weight is 185 g/mol. The highest BCUT2D eigenvalue weighted by Crippen LogP contribution is 1.83. The summed E-state index contributed by atoms with van der Waals surface area (Å²) in [5.41, 5.74) is 0. The summed E-state index contributed by atoms with van der Waals surface area (Å²) in [6.07, 6.45) is -0.232. The van der Waals surface area contributed by atoms with Crippen LogP contribution in [0.4, 0.5) is 4.79 Å². The lowest BCUT2D eigenvalue weighted by molar-refractivity contribution is 0.232. The van der Waals surface area contributed by atoms with Crippen LogP contribution in [0.2, 0.25) is 0 Å². The number of nitrogens with zero attached hydrogens (tertiary/aromatic N) is 1. The average Bonchev–Trinajstić information content (AvgIpc) is 2.04. The molecular formula is C7H15N5O. The van der Waals surface area contributed by atoms with E-state index in [-0.39, 0.29) is 12.3 Å². The van der Waals surface area contributed by atoms with Crippen LogP contribution in [0.5, 0.6) is 0 Å². The number of guanidine groups is 1. The normalized spacial score (nSPS) is 24.9. The standard InChI is InChI=1S/C7H15N5O/c1-3-8-5-10-6(9-4-2)12-7(13)11-5/h5,8H,3-4H2,1-2H3,(H3,9,10,11,12,13). The van der Waals surface area contributed by atoms with Gasteiger partial charge in [0.05, 0.1) is 0 Å². The van der Waals surface area contributed by atoms with E-state index in [0.717, 1.165) is 6.54 Å². The Balaban J connectivity index is 2.52. The SMILES string of the molecule is CCN=C1NC(=O)NC(NCC)N1. The molecule has 2 amide bonds. The Morgan fingerprint density at radius 3 is 2.85 bits per heavy atom. The molecule has 1 aliphatic rings. The maximum absolute atomic E-state index is 11.1. The molecule has 0 spiro atoms. The van der Waals surface area contributed by atoms with Crippen molar-refractivity contribution in [2.45, 2.75) is 20.1 Å². The molecule has 0 aromatic carbocycles. The van der Waals surface area contributed by atoms with E-state index in [1.54, 1.807) is 0 Å². The first-order valence-electron chi connectivity index (χ1n) is 4.38. The third kappa shape index (κ3) is 2.90. The van der Waals surface area contributed by atoms with Crippen molar-refractivity contribution in [1.82, 2.24) is 21.3 Å². The van der Waals surface area contributed by atoms with Gasteiger partial charge in [-0.15, -0.1) is 0 Å². The Labute approximate surface area is 77.2 Å². The van der Waals surface area contributed by atoms with Crippen molar-refractivity contribution in [3.63, 3.8) is 0 Å². The van der Waals surface area contributed by atoms with Gasteiger partial charge in [-0.05, 0) is 13.5 Å². The maximum Gasteiger partial charge on any atom is 0.324 e. The summed E-state index contributed by atoms with van der Waals surface area (Å²) in [5.74, 6) is 0.511. The van der Waals surface area contributed by atoms with Crippen LogP contribution in [-0.4, -0.2) is 31.4 Å². The van der Waals surface area contributed by atoms with E-state index < -0.39 is 0 Å². The fourth-order valence-electron chi connectivity index (χ4n) is 1.03. The fraction of sp³-hybridized carbons (Fsp3) is 0.714. The number of carbonyl (C=O) groups is 1. The first kappa shape index (κ1) is 9.79. The molecule has 0 radical (unpaired) electrons. The molecule has 0 aromatic rings. The number of nitrogens with one attached hydrogen (secondary N) is 4. The lowest BCUT2D eigenvalue weighted by Gasteiger charge is -2.27. The van der Waals surface area contributed by atoms with Crippen molar-refractivity contribution in [2.24, 2.45) is 4.99 Å². The van der Waals surface area contributed by atoms with E-state index in [0.29, 0.717) is 12.5 Å². The quantitative estimate of drug-likeness (QED) is 0.463. The van der Waals surface area contributed by atoms with Gasteiger partial charge in [0, 0.05) is 6.54 Å². The predicted octanol–water partition coefficient (Wildman–Crippen LogP) is -0.842. The zero-order chi connectivity index (χ0) is 9.68. The molecule has 6 heteroatoms. The van der Waals surface area contributed by atoms with Crippen molar-refractivity contribution in [3.8, 4) is 0 Å². The van der Waals surface area contributed by atoms with Gasteiger partial charge in [0.1, 0.15) is 0 Å². The summed E-state index contributed by atoms with van der Waals surface area (Å²) in [6.45, 7) is 5.29. The first-order chi connectivity index (χ1) is 6.26. The molecule has 6 nitrogen and oxygen atoms in total. The van der Waals surface area contributed by atoms with Gasteiger partial charge in [0.25, 0.3) is 0 Å². The molecule has 74 valence electrons. The topological polar surface area (TPSA) is 77.5 Å². The van der Waals surface area contributed by atoms with Crippen LogP contribution in [0.25, 0.3) is 0 Å². The predicted molar refractivity (Wildman–Crippen MR) is 50.2 cm³/mol. The van der Waals surface area contributed by atoms with E-state index in [9.17, 15) is 4.79 Å². The van der Waals surface area contributed by atoms with Crippen LogP contribution in [0.1, 0.15) is 13.8 Å². The molecule has 1 atom stereocenters. The van der Waals surface area contributed by atoms with E-state index in [4.69, 9.17) is 0 Å². The molecule has 0 bridgehead atoms. The number of aliphatic imine (C=N–C) groups is 1. The highest BCUT2D eigenvalue weighted by Gasteiger charge is 2.19. The summed E-state index contributed by atoms with van der Waals surface area (Å²) in [4.78, 5) is 15.1. The monoisotopic (exact) mass is 185 g/mol. The van der Waals surface area contributed by atoms with Gasteiger partial charge in [0.2, 0.25) is 5.96 Å². The Kier molecular flexibility index (Phi) is 3.51. The van der Waals surface area contributed by atoms with Crippen molar-refractivity contribution in [3.05, 3.63) is 0 Å². The number of amides is 2. The number of rotatable bonds is 3. The summed E-state index contributed by atoms with van der Waals surface area (Å²) in [5, 5.41) is 11.2. The largest absolute Gasteiger partial charge is 0.324 e. The second-order valence-corrected chi connectivity index (χ2v) is 2.56. The minimum atomic E-state index is -0.239. The molecule has 1 rings (SSSR count). The van der Waals surface area contributed by atoms with E-state index in [1.807, 2.05) is 13.8 Å². The Morgan fingerprint density at radius 2 is 2.23 bits per heavy atom. The molecule has 1 aliphatic heterocycles. The highest BCUT2D eigenvalue weighted by atomic mass is 16.2. The van der Waals surface area contributed by atoms with E-state index in [2.05, 4.69) is 26.3 Å². The van der Waals surface area contributed by atoms with Gasteiger partial charge in [-0.2, -0.15) is 0 Å². The van der Waals surface area contributed by atoms with Crippen molar-refractivity contribution in [2.75, 3.05) is 13.1 Å². The molecule has 4 N–H and O–H groups in total. The zero-order valence-electron chi connectivity index (χ0n) is 7.85. The Bertz CT molecular complexity index is 215. The van der Waals surface area contributed by atoms with Crippen LogP contribution in [0.3, 0.4) is 0 Å². The number of hydrogen-bond acceptors (Lipinski definition) is 3. The summed E-state index contributed by atoms with van der Waals surface area (Å²) in [7, 11) is 0. The molecule has 1 fully saturated rings. The Hall–Kier alpha value is -1.30. The van der Waals surface area contributed by atoms with Crippen LogP contribution in [0, 0.1) is 0 Å². The van der Waals surface area contributed by atoms with Crippen molar-refractivity contribution < 1.29 is 4.79 Å². The number of urea groups is 1. The van der Waals surface area contributed by atoms with Gasteiger partial charge in [0.15, 0.2) is 6.29 Å². The van der Waals surface area contributed by atoms with Crippen LogP contribution < -0.4 is 21.3 Å². The molecule has 0 aromatic heterocycles. The van der Waals surface area contributed by atoms with Crippen molar-refractivity contribution in [1.29, 1.82) is 0 Å². The lowest BCUT2D eigenvalue weighted by Crippen LogP contribution is -2.67.